The minimum Gasteiger partial charge on any atom is -0.489 e. The van der Waals surface area contributed by atoms with Crippen molar-refractivity contribution in [3.05, 3.63) is 48.3 Å². The lowest BCUT2D eigenvalue weighted by Gasteiger charge is -2.11. The van der Waals surface area contributed by atoms with Crippen molar-refractivity contribution < 1.29 is 27.0 Å². The number of benzene rings is 2. The molecular weight excluding hydrogens is 338 g/mol. The molecule has 3 nitrogen and oxygen atoms in total. The molecule has 0 unspecified atom stereocenters. The van der Waals surface area contributed by atoms with Gasteiger partial charge in [0.1, 0.15) is 12.4 Å². The van der Waals surface area contributed by atoms with Crippen molar-refractivity contribution in [3.8, 4) is 22.6 Å². The average molecular weight is 352 g/mol. The number of ether oxygens (including phenoxy) is 2. The minimum absolute atomic E-state index is 0. The highest BCUT2D eigenvalue weighted by molar-refractivity contribution is 5.85. The van der Waals surface area contributed by atoms with Gasteiger partial charge in [0, 0.05) is 6.54 Å². The van der Waals surface area contributed by atoms with Gasteiger partial charge in [0.2, 0.25) is 0 Å². The van der Waals surface area contributed by atoms with Gasteiger partial charge in [0.15, 0.2) is 11.6 Å². The monoisotopic (exact) mass is 351 g/mol. The summed E-state index contributed by atoms with van der Waals surface area (Å²) in [5.74, 6) is -0.946. The fourth-order valence-electron chi connectivity index (χ4n) is 1.84. The summed E-state index contributed by atoms with van der Waals surface area (Å²) < 4.78 is 59.4. The second-order valence-corrected chi connectivity index (χ2v) is 4.36. The molecule has 0 fully saturated rings. The Morgan fingerprint density at radius 3 is 2.30 bits per heavy atom. The molecule has 0 saturated heterocycles. The summed E-state index contributed by atoms with van der Waals surface area (Å²) in [6.07, 6.45) is -4.77. The van der Waals surface area contributed by atoms with E-state index in [1.165, 1.54) is 30.3 Å². The predicted octanol–water partition coefficient (Wildman–Crippen LogP) is 4.15. The number of halogens is 5. The van der Waals surface area contributed by atoms with Gasteiger partial charge in [0.25, 0.3) is 0 Å². The molecule has 0 spiro atoms. The third-order valence-electron chi connectivity index (χ3n) is 2.71. The Bertz CT molecular complexity index is 650. The van der Waals surface area contributed by atoms with Crippen molar-refractivity contribution >= 4 is 12.4 Å². The lowest BCUT2D eigenvalue weighted by atomic mass is 10.1. The first-order valence-electron chi connectivity index (χ1n) is 6.37. The maximum atomic E-state index is 13.9. The second-order valence-electron chi connectivity index (χ2n) is 4.36. The summed E-state index contributed by atoms with van der Waals surface area (Å²) in [5, 5.41) is 0. The summed E-state index contributed by atoms with van der Waals surface area (Å²) in [5.41, 5.74) is 6.06. The molecule has 0 aliphatic rings. The van der Waals surface area contributed by atoms with E-state index >= 15 is 0 Å². The summed E-state index contributed by atoms with van der Waals surface area (Å²) in [6, 6.07) is 9.43. The number of nitrogens with two attached hydrogens (primary N) is 1. The summed E-state index contributed by atoms with van der Waals surface area (Å²) in [7, 11) is 0. The Morgan fingerprint density at radius 2 is 1.70 bits per heavy atom. The van der Waals surface area contributed by atoms with Gasteiger partial charge in [0.05, 0.1) is 0 Å². The summed E-state index contributed by atoms with van der Waals surface area (Å²) in [6.45, 7) is 0.420. The quantitative estimate of drug-likeness (QED) is 0.823. The summed E-state index contributed by atoms with van der Waals surface area (Å²) in [4.78, 5) is 0. The number of hydrogen-bond donors (Lipinski definition) is 1. The van der Waals surface area contributed by atoms with Crippen LogP contribution in [0.15, 0.2) is 42.5 Å². The van der Waals surface area contributed by atoms with Crippen molar-refractivity contribution in [2.75, 3.05) is 13.2 Å². The molecule has 2 N–H and O–H groups in total. The van der Waals surface area contributed by atoms with Gasteiger partial charge in [-0.1, -0.05) is 18.2 Å². The first-order chi connectivity index (χ1) is 10.4. The normalized spacial score (nSPS) is 10.8. The van der Waals surface area contributed by atoms with Gasteiger partial charge in [-0.3, -0.25) is 0 Å². The number of alkyl halides is 3. The highest BCUT2D eigenvalue weighted by Crippen LogP contribution is 2.30. The molecule has 2 rings (SSSR count). The Hall–Kier alpha value is -1.99. The van der Waals surface area contributed by atoms with E-state index in [-0.39, 0.29) is 37.1 Å². The van der Waals surface area contributed by atoms with Gasteiger partial charge in [-0.2, -0.15) is 0 Å². The van der Waals surface area contributed by atoms with E-state index in [4.69, 9.17) is 10.5 Å². The van der Waals surface area contributed by atoms with Crippen molar-refractivity contribution in [1.82, 2.24) is 0 Å². The van der Waals surface area contributed by atoms with Crippen molar-refractivity contribution in [2.45, 2.75) is 6.36 Å². The number of rotatable bonds is 5. The van der Waals surface area contributed by atoms with Gasteiger partial charge in [-0.05, 0) is 35.4 Å². The fourth-order valence-corrected chi connectivity index (χ4v) is 1.84. The van der Waals surface area contributed by atoms with E-state index in [0.717, 1.165) is 0 Å². The molecule has 0 bridgehead atoms. The van der Waals surface area contributed by atoms with E-state index in [0.29, 0.717) is 11.1 Å². The van der Waals surface area contributed by atoms with Crippen LogP contribution in [0.3, 0.4) is 0 Å². The standard InChI is InChI=1S/C15H13F4NO2.ClH/c16-13-9-11(4-5-14(13)21-7-6-20)10-2-1-3-12(8-10)22-15(17,18)19;/h1-5,8-9H,6-7,20H2;1H. The maximum absolute atomic E-state index is 13.9. The lowest BCUT2D eigenvalue weighted by molar-refractivity contribution is -0.274. The topological polar surface area (TPSA) is 44.5 Å². The smallest absolute Gasteiger partial charge is 0.489 e. The molecule has 0 aliphatic carbocycles. The molecule has 8 heteroatoms. The molecule has 0 amide bonds. The third kappa shape index (κ3) is 5.61. The maximum Gasteiger partial charge on any atom is 0.573 e. The molecule has 2 aromatic carbocycles. The van der Waals surface area contributed by atoms with E-state index in [1.807, 2.05) is 0 Å². The van der Waals surface area contributed by atoms with E-state index in [9.17, 15) is 17.6 Å². The molecule has 0 atom stereocenters. The Labute approximate surface area is 136 Å². The Balaban J connectivity index is 0.00000264. The SMILES string of the molecule is Cl.NCCOc1ccc(-c2cccc(OC(F)(F)F)c2)cc1F. The van der Waals surface area contributed by atoms with Crippen LogP contribution in [0.2, 0.25) is 0 Å². The van der Waals surface area contributed by atoms with Crippen LogP contribution < -0.4 is 15.2 Å². The lowest BCUT2D eigenvalue weighted by Crippen LogP contribution is -2.17. The average Bonchev–Trinajstić information content (AvgIpc) is 2.44. The van der Waals surface area contributed by atoms with Crippen LogP contribution in [0, 0.1) is 5.82 Å². The van der Waals surface area contributed by atoms with Crippen LogP contribution in [0.25, 0.3) is 11.1 Å². The molecule has 2 aromatic rings. The van der Waals surface area contributed by atoms with Crippen molar-refractivity contribution in [2.24, 2.45) is 5.73 Å². The molecule has 0 radical (unpaired) electrons. The zero-order chi connectivity index (χ0) is 16.2. The van der Waals surface area contributed by atoms with Crippen LogP contribution in [0.5, 0.6) is 11.5 Å². The molecule has 126 valence electrons. The van der Waals surface area contributed by atoms with Crippen LogP contribution in [-0.2, 0) is 0 Å². The molecule has 0 aliphatic heterocycles. The first-order valence-corrected chi connectivity index (χ1v) is 6.37. The van der Waals surface area contributed by atoms with Gasteiger partial charge in [-0.15, -0.1) is 25.6 Å². The van der Waals surface area contributed by atoms with Gasteiger partial charge >= 0.3 is 6.36 Å². The minimum atomic E-state index is -4.77. The third-order valence-corrected chi connectivity index (χ3v) is 2.71. The van der Waals surface area contributed by atoms with Crippen LogP contribution >= 0.6 is 12.4 Å². The predicted molar refractivity (Wildman–Crippen MR) is 80.3 cm³/mol. The second kappa shape index (κ2) is 8.03. The molecular formula is C15H14ClF4NO2. The van der Waals surface area contributed by atoms with Crippen LogP contribution in [0.4, 0.5) is 17.6 Å². The fraction of sp³-hybridized carbons (Fsp3) is 0.200. The van der Waals surface area contributed by atoms with E-state index in [2.05, 4.69) is 4.74 Å². The van der Waals surface area contributed by atoms with Crippen molar-refractivity contribution in [3.63, 3.8) is 0 Å². The molecule has 0 saturated carbocycles. The van der Waals surface area contributed by atoms with Crippen molar-refractivity contribution in [1.29, 1.82) is 0 Å². The zero-order valence-electron chi connectivity index (χ0n) is 11.8. The molecule has 0 aromatic heterocycles. The van der Waals surface area contributed by atoms with Gasteiger partial charge in [-0.25, -0.2) is 4.39 Å². The largest absolute Gasteiger partial charge is 0.573 e. The molecule has 23 heavy (non-hydrogen) atoms. The first kappa shape index (κ1) is 19.1. The van der Waals surface area contributed by atoms with Gasteiger partial charge < -0.3 is 15.2 Å². The van der Waals surface area contributed by atoms with Crippen LogP contribution in [0.1, 0.15) is 0 Å². The number of hydrogen-bond acceptors (Lipinski definition) is 3. The molecule has 0 heterocycles. The Kier molecular flexibility index (Phi) is 6.65. The highest BCUT2D eigenvalue weighted by atomic mass is 35.5. The zero-order valence-corrected chi connectivity index (χ0v) is 12.6. The summed E-state index contributed by atoms with van der Waals surface area (Å²) >= 11 is 0. The van der Waals surface area contributed by atoms with E-state index < -0.39 is 12.2 Å². The van der Waals surface area contributed by atoms with Crippen LogP contribution in [-0.4, -0.2) is 19.5 Å². The van der Waals surface area contributed by atoms with E-state index in [1.54, 1.807) is 12.1 Å². The Morgan fingerprint density at radius 1 is 1.00 bits per heavy atom. The highest BCUT2D eigenvalue weighted by Gasteiger charge is 2.31.